The van der Waals surface area contributed by atoms with Crippen molar-refractivity contribution in [2.45, 2.75) is 0 Å². The largest absolute Gasteiger partial charge is 0.452 e. The maximum Gasteiger partial charge on any atom is 0.223 e. The predicted octanol–water partition coefficient (Wildman–Crippen LogP) is 27.7. The zero-order valence-electron chi connectivity index (χ0n) is 66.3. The standard InChI is InChI=1S/C41H24ClN7O.C35H20ClN3O.C30H17ClN4O/c42-41-45-35(37-36(46-41)33-7-1-2-8-34(33)50-37)27-13-19-30(20-14-27)40-48-38(28-15-9-25(10-16-28)31-5-3-21-43-23-31)47-39(49-40)29-17-11-26(12-18-29)32-6-4-22-44-24-32;36-35-38-32(34-33(39-35)29-13-5-6-14-31(29)40-34)25-17-23(22-9-7-15-37-20-22)16-24(18-25)30-19-21-8-1-2-10-26(21)27-11-3-4-12-28(27)30;31-30-34-26(28-27(35-30)22-11-5-7-13-24(22)36-28)19-16-14-18(15-17-19)25-21-10-4-6-12-23(21)32-29(33-25)20-8-2-1-3-9-20/h1-24H;1-20H;1-17H. The quantitative estimate of drug-likeness (QED) is 0.0820. The fraction of sp³-hybridized carbons (Fsp3) is 0. The number of aromatic nitrogens is 14. The first-order valence-electron chi connectivity index (χ1n) is 40.5. The van der Waals surface area contributed by atoms with Crippen LogP contribution in [0.3, 0.4) is 0 Å². The van der Waals surface area contributed by atoms with Gasteiger partial charge in [-0.15, -0.1) is 0 Å². The molecule has 0 atom stereocenters. The van der Waals surface area contributed by atoms with E-state index in [2.05, 4.69) is 149 Å². The minimum atomic E-state index is 0.152. The first-order chi connectivity index (χ1) is 62.1. The lowest BCUT2D eigenvalue weighted by Crippen LogP contribution is -2.00. The van der Waals surface area contributed by atoms with Crippen molar-refractivity contribution in [3.8, 4) is 135 Å². The van der Waals surface area contributed by atoms with Gasteiger partial charge in [-0.05, 0) is 180 Å². The van der Waals surface area contributed by atoms with Gasteiger partial charge in [0.15, 0.2) is 40.0 Å². The second-order valence-corrected chi connectivity index (χ2v) is 31.0. The number of hydrogen-bond donors (Lipinski definition) is 0. The van der Waals surface area contributed by atoms with Crippen LogP contribution in [0.25, 0.3) is 234 Å². The molecule has 0 radical (unpaired) electrons. The maximum atomic E-state index is 6.51. The molecule has 126 heavy (non-hydrogen) atoms. The summed E-state index contributed by atoms with van der Waals surface area (Å²) in [7, 11) is 0. The van der Waals surface area contributed by atoms with Crippen molar-refractivity contribution < 1.29 is 13.3 Å². The molecule has 0 spiro atoms. The SMILES string of the molecule is Clc1nc(-c2cc(-c3cccnc3)cc(-c3cc4ccccc4c4ccccc34)c2)c2oc3ccccc3c2n1.Clc1nc(-c2ccc(-c3nc(-c4ccc(-c5cccnc5)cc4)nc(-c4ccc(-c5cccnc5)cc4)n3)cc2)c2oc3ccccc3c2n1.Clc1nc(-c2ccc(-c3nc(-c4ccccc4)nc4ccccc34)cc2)c2oc3ccccc3c2n1. The fourth-order valence-corrected chi connectivity index (χ4v) is 16.7. The molecule has 0 aliphatic rings. The Labute approximate surface area is 733 Å². The number of hydrogen-bond acceptors (Lipinski definition) is 17. The van der Waals surface area contributed by atoms with Gasteiger partial charge in [-0.3, -0.25) is 15.0 Å². The van der Waals surface area contributed by atoms with Gasteiger partial charge in [0.2, 0.25) is 15.9 Å². The molecular weight excluding hydrogens is 1620 g/mol. The van der Waals surface area contributed by atoms with Crippen LogP contribution < -0.4 is 0 Å². The van der Waals surface area contributed by atoms with E-state index in [1.54, 1.807) is 18.6 Å². The molecule has 0 unspecified atom stereocenters. The minimum Gasteiger partial charge on any atom is -0.452 e. The van der Waals surface area contributed by atoms with Gasteiger partial charge < -0.3 is 13.3 Å². The van der Waals surface area contributed by atoms with Gasteiger partial charge in [-0.1, -0.05) is 249 Å². The summed E-state index contributed by atoms with van der Waals surface area (Å²) in [5, 5.41) is 9.04. The van der Waals surface area contributed by atoms with E-state index in [0.717, 1.165) is 139 Å². The van der Waals surface area contributed by atoms with Crippen LogP contribution in [0.1, 0.15) is 0 Å². The number of halogens is 3. The van der Waals surface area contributed by atoms with Crippen LogP contribution in [0, 0.1) is 0 Å². The number of fused-ring (bicyclic) bond motifs is 13. The molecule has 594 valence electrons. The van der Waals surface area contributed by atoms with Crippen LogP contribution >= 0.6 is 34.8 Å². The lowest BCUT2D eigenvalue weighted by molar-refractivity contribution is 0.667. The Bertz CT molecular complexity index is 8200. The summed E-state index contributed by atoms with van der Waals surface area (Å²) in [5.41, 5.74) is 25.4. The van der Waals surface area contributed by atoms with Crippen molar-refractivity contribution in [1.29, 1.82) is 0 Å². The third-order valence-electron chi connectivity index (χ3n) is 22.3. The van der Waals surface area contributed by atoms with Gasteiger partial charge in [0.05, 0.1) is 11.2 Å². The van der Waals surface area contributed by atoms with Gasteiger partial charge in [0.1, 0.15) is 50.4 Å². The Hall–Kier alpha value is -16.3. The fourth-order valence-electron chi connectivity index (χ4n) is 16.2. The van der Waals surface area contributed by atoms with E-state index in [0.29, 0.717) is 73.7 Å². The lowest BCUT2D eigenvalue weighted by Gasteiger charge is -2.14. The lowest BCUT2D eigenvalue weighted by atomic mass is 9.90. The molecule has 0 aliphatic carbocycles. The molecule has 0 amide bonds. The summed E-state index contributed by atoms with van der Waals surface area (Å²) < 4.78 is 18.6. The van der Waals surface area contributed by atoms with Crippen LogP contribution in [0.4, 0.5) is 0 Å². The second kappa shape index (κ2) is 32.6. The molecule has 0 saturated carbocycles. The normalized spacial score (nSPS) is 11.5. The van der Waals surface area contributed by atoms with Crippen molar-refractivity contribution in [2.24, 2.45) is 0 Å². The molecule has 0 bridgehead atoms. The van der Waals surface area contributed by atoms with Gasteiger partial charge in [-0.2, -0.15) is 0 Å². The van der Waals surface area contributed by atoms with E-state index < -0.39 is 0 Å². The Kier molecular flexibility index (Phi) is 19.6. The average molecular weight is 1690 g/mol. The Morgan fingerprint density at radius 2 is 0.532 bits per heavy atom. The molecule has 11 heterocycles. The van der Waals surface area contributed by atoms with Crippen LogP contribution in [0.15, 0.2) is 384 Å². The van der Waals surface area contributed by atoms with E-state index in [4.69, 9.17) is 78.0 Å². The summed E-state index contributed by atoms with van der Waals surface area (Å²) in [6, 6.07) is 112. The van der Waals surface area contributed by atoms with E-state index in [1.807, 2.05) is 243 Å². The molecular formula is C106H61Cl3N14O3. The van der Waals surface area contributed by atoms with Gasteiger partial charge in [-0.25, -0.2) is 54.8 Å². The molecule has 0 saturated heterocycles. The molecule has 20 heteroatoms. The van der Waals surface area contributed by atoms with E-state index in [-0.39, 0.29) is 15.9 Å². The zero-order valence-corrected chi connectivity index (χ0v) is 68.6. The van der Waals surface area contributed by atoms with E-state index in [9.17, 15) is 0 Å². The van der Waals surface area contributed by atoms with Crippen LogP contribution in [-0.2, 0) is 0 Å². The molecule has 24 rings (SSSR count). The maximum absolute atomic E-state index is 6.51. The van der Waals surface area contributed by atoms with Crippen LogP contribution in [0.2, 0.25) is 15.9 Å². The second-order valence-electron chi connectivity index (χ2n) is 30.0. The molecule has 17 nitrogen and oxygen atoms in total. The van der Waals surface area contributed by atoms with Crippen LogP contribution in [-0.4, -0.2) is 69.8 Å². The third kappa shape index (κ3) is 14.6. The Balaban J connectivity index is 0.000000114. The van der Waals surface area contributed by atoms with Crippen LogP contribution in [0.5, 0.6) is 0 Å². The Morgan fingerprint density at radius 3 is 0.992 bits per heavy atom. The number of benzene rings is 13. The zero-order chi connectivity index (χ0) is 84.1. The van der Waals surface area contributed by atoms with Gasteiger partial charge >= 0.3 is 0 Å². The summed E-state index contributed by atoms with van der Waals surface area (Å²) in [4.78, 5) is 64.7. The molecule has 0 aliphatic heterocycles. The first-order valence-corrected chi connectivity index (χ1v) is 41.6. The highest BCUT2D eigenvalue weighted by molar-refractivity contribution is 6.30. The molecule has 0 N–H and O–H groups in total. The average Bonchev–Trinajstić information content (AvgIpc) is 1.41. The molecule has 24 aromatic rings. The number of pyridine rings is 3. The monoisotopic (exact) mass is 1680 g/mol. The molecule has 0 fully saturated rings. The van der Waals surface area contributed by atoms with Crippen molar-refractivity contribution >= 4 is 133 Å². The van der Waals surface area contributed by atoms with E-state index in [1.165, 1.54) is 21.5 Å². The van der Waals surface area contributed by atoms with Crippen molar-refractivity contribution in [1.82, 2.24) is 69.8 Å². The minimum absolute atomic E-state index is 0.152. The number of rotatable bonds is 12. The topological polar surface area (TPSA) is 220 Å². The van der Waals surface area contributed by atoms with Crippen molar-refractivity contribution in [3.05, 3.63) is 387 Å². The predicted molar refractivity (Wildman–Crippen MR) is 503 cm³/mol. The third-order valence-corrected chi connectivity index (χ3v) is 22.8. The summed E-state index contributed by atoms with van der Waals surface area (Å²) >= 11 is 19.2. The van der Waals surface area contributed by atoms with Crippen molar-refractivity contribution in [2.75, 3.05) is 0 Å². The summed E-state index contributed by atoms with van der Waals surface area (Å²) in [5.74, 6) is 2.36. The number of para-hydroxylation sites is 4. The van der Waals surface area contributed by atoms with E-state index >= 15 is 0 Å². The highest BCUT2D eigenvalue weighted by Gasteiger charge is 2.24. The van der Waals surface area contributed by atoms with Crippen molar-refractivity contribution in [3.63, 3.8) is 0 Å². The molecule has 13 aromatic carbocycles. The van der Waals surface area contributed by atoms with Gasteiger partial charge in [0, 0.05) is 109 Å². The highest BCUT2D eigenvalue weighted by Crippen LogP contribution is 2.44. The smallest absolute Gasteiger partial charge is 0.223 e. The molecule has 11 aromatic heterocycles. The highest BCUT2D eigenvalue weighted by atomic mass is 35.5. The number of furan rings is 3. The summed E-state index contributed by atoms with van der Waals surface area (Å²) in [6.07, 6.45) is 10.9. The number of nitrogens with zero attached hydrogens (tertiary/aromatic N) is 14. The summed E-state index contributed by atoms with van der Waals surface area (Å²) in [6.45, 7) is 0. The Morgan fingerprint density at radius 1 is 0.198 bits per heavy atom. The first kappa shape index (κ1) is 75.9. The van der Waals surface area contributed by atoms with Gasteiger partial charge in [0.25, 0.3) is 0 Å².